The van der Waals surface area contributed by atoms with Crippen LogP contribution in [0.4, 0.5) is 0 Å². The van der Waals surface area contributed by atoms with E-state index in [1.54, 1.807) is 0 Å². The maximum atomic E-state index is 5.45. The first-order valence-electron chi connectivity index (χ1n) is 6.76. The molecule has 3 atom stereocenters. The maximum absolute atomic E-state index is 5.45. The molecule has 16 heavy (non-hydrogen) atoms. The Morgan fingerprint density at radius 2 is 2.06 bits per heavy atom. The Labute approximate surface area is 101 Å². The molecule has 0 aliphatic heterocycles. The van der Waals surface area contributed by atoms with Crippen molar-refractivity contribution >= 4 is 0 Å². The summed E-state index contributed by atoms with van der Waals surface area (Å²) in [5, 5.41) is 3.71. The van der Waals surface area contributed by atoms with E-state index < -0.39 is 0 Å². The van der Waals surface area contributed by atoms with Crippen LogP contribution < -0.4 is 5.32 Å². The van der Waals surface area contributed by atoms with E-state index in [4.69, 9.17) is 4.74 Å². The zero-order valence-corrected chi connectivity index (χ0v) is 11.7. The molecule has 0 aromatic heterocycles. The Morgan fingerprint density at radius 1 is 1.38 bits per heavy atom. The molecule has 2 heteroatoms. The van der Waals surface area contributed by atoms with Crippen molar-refractivity contribution in [2.24, 2.45) is 11.3 Å². The lowest BCUT2D eigenvalue weighted by molar-refractivity contribution is 0.102. The molecule has 1 rings (SSSR count). The van der Waals surface area contributed by atoms with E-state index >= 15 is 0 Å². The highest BCUT2D eigenvalue weighted by Crippen LogP contribution is 2.38. The minimum Gasteiger partial charge on any atom is -0.380 e. The van der Waals surface area contributed by atoms with Gasteiger partial charge in [-0.15, -0.1) is 0 Å². The van der Waals surface area contributed by atoms with Crippen molar-refractivity contribution < 1.29 is 4.74 Å². The van der Waals surface area contributed by atoms with Gasteiger partial charge in [0.1, 0.15) is 0 Å². The zero-order chi connectivity index (χ0) is 12.2. The van der Waals surface area contributed by atoms with E-state index in [0.29, 0.717) is 17.5 Å². The summed E-state index contributed by atoms with van der Waals surface area (Å²) in [5.41, 5.74) is 0.501. The van der Waals surface area contributed by atoms with Gasteiger partial charge in [-0.2, -0.15) is 0 Å². The molecule has 1 fully saturated rings. The van der Waals surface area contributed by atoms with Gasteiger partial charge in [0.25, 0.3) is 0 Å². The largest absolute Gasteiger partial charge is 0.380 e. The van der Waals surface area contributed by atoms with Gasteiger partial charge in [0.2, 0.25) is 0 Å². The quantitative estimate of drug-likeness (QED) is 0.778. The molecule has 1 saturated carbocycles. The van der Waals surface area contributed by atoms with Crippen LogP contribution in [-0.2, 0) is 4.74 Å². The lowest BCUT2D eigenvalue weighted by Gasteiger charge is -2.40. The first kappa shape index (κ1) is 14.0. The average Bonchev–Trinajstić information content (AvgIpc) is 2.11. The summed E-state index contributed by atoms with van der Waals surface area (Å²) in [5.74, 6) is 0.848. The van der Waals surface area contributed by atoms with Crippen molar-refractivity contribution in [2.45, 2.75) is 66.0 Å². The summed E-state index contributed by atoms with van der Waals surface area (Å²) in [4.78, 5) is 0. The number of ether oxygens (including phenoxy) is 1. The number of rotatable bonds is 5. The highest BCUT2D eigenvalue weighted by molar-refractivity contribution is 4.87. The minimum absolute atomic E-state index is 0.478. The number of nitrogens with one attached hydrogen (secondary N) is 1. The molecule has 0 aromatic carbocycles. The molecular weight excluding hydrogens is 198 g/mol. The fraction of sp³-hybridized carbons (Fsp3) is 1.00. The lowest BCUT2D eigenvalue weighted by Crippen LogP contribution is -2.45. The van der Waals surface area contributed by atoms with Gasteiger partial charge in [0, 0.05) is 18.7 Å². The van der Waals surface area contributed by atoms with Gasteiger partial charge in [0.15, 0.2) is 0 Å². The van der Waals surface area contributed by atoms with E-state index in [9.17, 15) is 0 Å². The van der Waals surface area contributed by atoms with Crippen LogP contribution in [0.15, 0.2) is 0 Å². The Hall–Kier alpha value is -0.0800. The van der Waals surface area contributed by atoms with Gasteiger partial charge in [0.05, 0.1) is 6.61 Å². The van der Waals surface area contributed by atoms with E-state index in [2.05, 4.69) is 39.9 Å². The smallest absolute Gasteiger partial charge is 0.0616 e. The second kappa shape index (κ2) is 6.02. The Bertz CT molecular complexity index is 203. The van der Waals surface area contributed by atoms with Crippen molar-refractivity contribution in [1.29, 1.82) is 0 Å². The molecule has 1 aliphatic rings. The molecule has 0 bridgehead atoms. The van der Waals surface area contributed by atoms with Crippen LogP contribution in [0.3, 0.4) is 0 Å². The predicted octanol–water partition coefficient (Wildman–Crippen LogP) is 3.22. The fourth-order valence-corrected chi connectivity index (χ4v) is 3.22. The third-order valence-electron chi connectivity index (χ3n) is 3.48. The van der Waals surface area contributed by atoms with Crippen LogP contribution >= 0.6 is 0 Å². The van der Waals surface area contributed by atoms with Crippen LogP contribution in [0.2, 0.25) is 0 Å². The Balaban J connectivity index is 2.35. The van der Waals surface area contributed by atoms with E-state index in [1.807, 2.05) is 0 Å². The molecule has 0 saturated heterocycles. The molecular formula is C14H29NO. The zero-order valence-electron chi connectivity index (χ0n) is 11.7. The summed E-state index contributed by atoms with van der Waals surface area (Å²) >= 11 is 0. The van der Waals surface area contributed by atoms with Gasteiger partial charge >= 0.3 is 0 Å². The summed E-state index contributed by atoms with van der Waals surface area (Å²) in [6.45, 7) is 13.1. The fourth-order valence-electron chi connectivity index (χ4n) is 3.22. The molecule has 3 unspecified atom stereocenters. The summed E-state index contributed by atoms with van der Waals surface area (Å²) < 4.78 is 5.45. The summed E-state index contributed by atoms with van der Waals surface area (Å²) in [6.07, 6.45) is 3.98. The van der Waals surface area contributed by atoms with Crippen molar-refractivity contribution in [3.8, 4) is 0 Å². The SMILES string of the molecule is CCOCC(C)NC1CC(C)CC(C)(C)C1. The standard InChI is InChI=1S/C14H29NO/c1-6-16-10-12(3)15-13-7-11(2)8-14(4,5)9-13/h11-13,15H,6-10H2,1-5H3. The molecule has 0 spiro atoms. The molecule has 1 aliphatic carbocycles. The van der Waals surface area contributed by atoms with Crippen molar-refractivity contribution in [3.05, 3.63) is 0 Å². The first-order valence-corrected chi connectivity index (χ1v) is 6.76. The van der Waals surface area contributed by atoms with Crippen LogP contribution in [-0.4, -0.2) is 25.3 Å². The second-order valence-electron chi connectivity index (χ2n) is 6.34. The van der Waals surface area contributed by atoms with Gasteiger partial charge in [-0.05, 0) is 44.4 Å². The van der Waals surface area contributed by atoms with E-state index in [-0.39, 0.29) is 0 Å². The van der Waals surface area contributed by atoms with Crippen LogP contribution in [0.25, 0.3) is 0 Å². The summed E-state index contributed by atoms with van der Waals surface area (Å²) in [7, 11) is 0. The third-order valence-corrected chi connectivity index (χ3v) is 3.48. The van der Waals surface area contributed by atoms with Gasteiger partial charge < -0.3 is 10.1 Å². The molecule has 96 valence electrons. The highest BCUT2D eigenvalue weighted by atomic mass is 16.5. The maximum Gasteiger partial charge on any atom is 0.0616 e. The molecule has 0 radical (unpaired) electrons. The molecule has 0 heterocycles. The first-order chi connectivity index (χ1) is 7.43. The molecule has 0 aromatic rings. The van der Waals surface area contributed by atoms with E-state index in [1.165, 1.54) is 19.3 Å². The van der Waals surface area contributed by atoms with Crippen LogP contribution in [0.1, 0.15) is 53.9 Å². The predicted molar refractivity (Wildman–Crippen MR) is 69.7 cm³/mol. The minimum atomic E-state index is 0.478. The monoisotopic (exact) mass is 227 g/mol. The summed E-state index contributed by atoms with van der Waals surface area (Å²) in [6, 6.07) is 1.15. The molecule has 2 nitrogen and oxygen atoms in total. The number of hydrogen-bond acceptors (Lipinski definition) is 2. The van der Waals surface area contributed by atoms with Crippen molar-refractivity contribution in [3.63, 3.8) is 0 Å². The second-order valence-corrected chi connectivity index (χ2v) is 6.34. The Kier molecular flexibility index (Phi) is 5.26. The van der Waals surface area contributed by atoms with Gasteiger partial charge in [-0.25, -0.2) is 0 Å². The Morgan fingerprint density at radius 3 is 2.62 bits per heavy atom. The lowest BCUT2D eigenvalue weighted by atomic mass is 9.70. The topological polar surface area (TPSA) is 21.3 Å². The normalized spacial score (nSPS) is 31.3. The number of hydrogen-bond donors (Lipinski definition) is 1. The molecule has 0 amide bonds. The van der Waals surface area contributed by atoms with E-state index in [0.717, 1.165) is 19.1 Å². The van der Waals surface area contributed by atoms with Crippen LogP contribution in [0, 0.1) is 11.3 Å². The average molecular weight is 227 g/mol. The van der Waals surface area contributed by atoms with Crippen molar-refractivity contribution in [2.75, 3.05) is 13.2 Å². The third kappa shape index (κ3) is 4.84. The van der Waals surface area contributed by atoms with Gasteiger partial charge in [-0.3, -0.25) is 0 Å². The highest BCUT2D eigenvalue weighted by Gasteiger charge is 2.32. The molecule has 1 N–H and O–H groups in total. The van der Waals surface area contributed by atoms with Gasteiger partial charge in [-0.1, -0.05) is 20.8 Å². The van der Waals surface area contributed by atoms with Crippen molar-refractivity contribution in [1.82, 2.24) is 5.32 Å². The van der Waals surface area contributed by atoms with Crippen LogP contribution in [0.5, 0.6) is 0 Å².